The van der Waals surface area contributed by atoms with Crippen LogP contribution in [0.5, 0.6) is 0 Å². The van der Waals surface area contributed by atoms with Crippen molar-refractivity contribution in [3.63, 3.8) is 0 Å². The van der Waals surface area contributed by atoms with Crippen LogP contribution in [-0.2, 0) is 13.3 Å². The molecule has 0 spiro atoms. The molecule has 27 heavy (non-hydrogen) atoms. The lowest BCUT2D eigenvalue weighted by molar-refractivity contribution is 0.0691. The number of hydrogen-bond acceptors (Lipinski definition) is 3. The fraction of sp³-hybridized carbons (Fsp3) is 0.652. The Balaban J connectivity index is 3.00. The molecule has 0 heterocycles. The number of benzene rings is 1. The van der Waals surface area contributed by atoms with Gasteiger partial charge in [0.2, 0.25) is 0 Å². The van der Waals surface area contributed by atoms with Gasteiger partial charge in [0.1, 0.15) is 0 Å². The summed E-state index contributed by atoms with van der Waals surface area (Å²) in [5.74, 6) is 0. The molecule has 0 radical (unpaired) electrons. The molecule has 0 fully saturated rings. The standard InChI is InChI=1S/C23H40O3Si/c1-5-9-12-18-24-27(25-19-13-10-6-2,26-20-14-11-7-3)23-17-15-16-22(8-4)21-23/h8,15-17,21H,4-7,9-14,18-20H2,1-3H3. The maximum Gasteiger partial charge on any atom is 0.537 e. The second-order valence-corrected chi connectivity index (χ2v) is 9.61. The zero-order valence-corrected chi connectivity index (χ0v) is 18.8. The van der Waals surface area contributed by atoms with E-state index in [1.165, 1.54) is 38.5 Å². The van der Waals surface area contributed by atoms with Gasteiger partial charge in [0, 0.05) is 25.0 Å². The molecule has 3 nitrogen and oxygen atoms in total. The third kappa shape index (κ3) is 9.20. The molecule has 0 atom stereocenters. The summed E-state index contributed by atoms with van der Waals surface area (Å²) in [6, 6.07) is 8.33. The van der Waals surface area contributed by atoms with Gasteiger partial charge in [-0.3, -0.25) is 0 Å². The van der Waals surface area contributed by atoms with Crippen LogP contribution in [0.2, 0.25) is 0 Å². The molecule has 1 aromatic carbocycles. The Labute approximate surface area is 168 Å². The summed E-state index contributed by atoms with van der Waals surface area (Å²) in [6.45, 7) is 12.6. The predicted octanol–water partition coefficient (Wildman–Crippen LogP) is 6.10. The molecule has 154 valence electrons. The van der Waals surface area contributed by atoms with Crippen LogP contribution >= 0.6 is 0 Å². The van der Waals surface area contributed by atoms with Crippen molar-refractivity contribution in [1.82, 2.24) is 0 Å². The van der Waals surface area contributed by atoms with Crippen LogP contribution < -0.4 is 5.19 Å². The summed E-state index contributed by atoms with van der Waals surface area (Å²) in [5, 5.41) is 1.06. The van der Waals surface area contributed by atoms with Gasteiger partial charge in [-0.15, -0.1) is 0 Å². The van der Waals surface area contributed by atoms with Gasteiger partial charge in [0.25, 0.3) is 0 Å². The van der Waals surface area contributed by atoms with E-state index in [4.69, 9.17) is 13.3 Å². The second-order valence-electron chi connectivity index (χ2n) is 7.05. The summed E-state index contributed by atoms with van der Waals surface area (Å²) in [5.41, 5.74) is 1.08. The smallest absolute Gasteiger partial charge is 0.370 e. The van der Waals surface area contributed by atoms with Gasteiger partial charge >= 0.3 is 8.80 Å². The monoisotopic (exact) mass is 392 g/mol. The number of rotatable bonds is 17. The first-order valence-corrected chi connectivity index (χ1v) is 12.6. The van der Waals surface area contributed by atoms with Crippen LogP contribution in [-0.4, -0.2) is 28.6 Å². The molecule has 0 saturated carbocycles. The van der Waals surface area contributed by atoms with Crippen LogP contribution in [0.15, 0.2) is 30.8 Å². The van der Waals surface area contributed by atoms with E-state index in [1.807, 2.05) is 12.1 Å². The minimum atomic E-state index is -2.92. The van der Waals surface area contributed by atoms with Crippen molar-refractivity contribution in [1.29, 1.82) is 0 Å². The molecule has 4 heteroatoms. The highest BCUT2D eigenvalue weighted by molar-refractivity contribution is 6.75. The zero-order valence-electron chi connectivity index (χ0n) is 17.8. The molecule has 0 unspecified atom stereocenters. The topological polar surface area (TPSA) is 27.7 Å². The van der Waals surface area contributed by atoms with Gasteiger partial charge < -0.3 is 13.3 Å². The molecule has 0 aliphatic heterocycles. The summed E-state index contributed by atoms with van der Waals surface area (Å²) >= 11 is 0. The summed E-state index contributed by atoms with van der Waals surface area (Å²) in [7, 11) is -2.92. The van der Waals surface area contributed by atoms with Crippen LogP contribution in [0.4, 0.5) is 0 Å². The first kappa shape index (κ1) is 24.1. The van der Waals surface area contributed by atoms with Crippen molar-refractivity contribution < 1.29 is 13.3 Å². The minimum absolute atomic E-state index is 0.694. The van der Waals surface area contributed by atoms with E-state index in [0.717, 1.165) is 30.0 Å². The average molecular weight is 393 g/mol. The Kier molecular flexibility index (Phi) is 13.4. The Hall–Kier alpha value is -0.943. The highest BCUT2D eigenvalue weighted by atomic mass is 28.4. The predicted molar refractivity (Wildman–Crippen MR) is 118 cm³/mol. The lowest BCUT2D eigenvalue weighted by Gasteiger charge is -2.30. The van der Waals surface area contributed by atoms with Crippen molar-refractivity contribution in [2.24, 2.45) is 0 Å². The molecule has 0 aromatic heterocycles. The van der Waals surface area contributed by atoms with Gasteiger partial charge in [0.15, 0.2) is 0 Å². The molecule has 1 rings (SSSR count). The fourth-order valence-corrected chi connectivity index (χ4v) is 5.54. The molecule has 1 aromatic rings. The lowest BCUT2D eigenvalue weighted by atomic mass is 10.2. The quantitative estimate of drug-likeness (QED) is 0.237. The highest BCUT2D eigenvalue weighted by Crippen LogP contribution is 2.16. The van der Waals surface area contributed by atoms with Crippen LogP contribution in [0, 0.1) is 0 Å². The van der Waals surface area contributed by atoms with Gasteiger partial charge in [-0.25, -0.2) is 0 Å². The van der Waals surface area contributed by atoms with E-state index in [-0.39, 0.29) is 0 Å². The van der Waals surface area contributed by atoms with Crippen molar-refractivity contribution in [3.8, 4) is 0 Å². The molecule has 0 bridgehead atoms. The summed E-state index contributed by atoms with van der Waals surface area (Å²) in [4.78, 5) is 0. The first-order valence-electron chi connectivity index (χ1n) is 10.9. The van der Waals surface area contributed by atoms with E-state index in [2.05, 4.69) is 45.5 Å². The van der Waals surface area contributed by atoms with Crippen molar-refractivity contribution in [3.05, 3.63) is 36.4 Å². The van der Waals surface area contributed by atoms with E-state index in [9.17, 15) is 0 Å². The molecule has 0 aliphatic carbocycles. The van der Waals surface area contributed by atoms with Crippen LogP contribution in [0.3, 0.4) is 0 Å². The molecular formula is C23H40O3Si. The van der Waals surface area contributed by atoms with Crippen molar-refractivity contribution in [2.75, 3.05) is 19.8 Å². The molecule has 0 N–H and O–H groups in total. The number of hydrogen-bond donors (Lipinski definition) is 0. The molecule has 0 saturated heterocycles. The molecule has 0 aliphatic rings. The van der Waals surface area contributed by atoms with Crippen LogP contribution in [0.25, 0.3) is 6.08 Å². The van der Waals surface area contributed by atoms with Gasteiger partial charge in [-0.1, -0.05) is 90.2 Å². The fourth-order valence-electron chi connectivity index (χ4n) is 2.91. The summed E-state index contributed by atoms with van der Waals surface area (Å²) in [6.07, 6.45) is 12.0. The number of unbranched alkanes of at least 4 members (excludes halogenated alkanes) is 6. The average Bonchev–Trinajstić information content (AvgIpc) is 2.71. The first-order chi connectivity index (χ1) is 13.2. The maximum atomic E-state index is 6.44. The van der Waals surface area contributed by atoms with Crippen molar-refractivity contribution >= 4 is 20.1 Å². The summed E-state index contributed by atoms with van der Waals surface area (Å²) < 4.78 is 19.3. The van der Waals surface area contributed by atoms with Gasteiger partial charge in [-0.2, -0.15) is 0 Å². The van der Waals surface area contributed by atoms with E-state index < -0.39 is 8.80 Å². The van der Waals surface area contributed by atoms with E-state index in [0.29, 0.717) is 19.8 Å². The SMILES string of the molecule is C=Cc1cccc([Si](OCCCCC)(OCCCCC)OCCCCC)c1. The zero-order chi connectivity index (χ0) is 19.8. The Morgan fingerprint density at radius 1 is 0.778 bits per heavy atom. The van der Waals surface area contributed by atoms with Gasteiger partial charge in [-0.05, 0) is 30.9 Å². The minimum Gasteiger partial charge on any atom is -0.370 e. The lowest BCUT2D eigenvalue weighted by Crippen LogP contribution is -2.57. The molecule has 0 amide bonds. The van der Waals surface area contributed by atoms with E-state index in [1.54, 1.807) is 0 Å². The Morgan fingerprint density at radius 3 is 1.67 bits per heavy atom. The largest absolute Gasteiger partial charge is 0.537 e. The Bertz CT molecular complexity index is 473. The van der Waals surface area contributed by atoms with Crippen molar-refractivity contribution in [2.45, 2.75) is 78.6 Å². The Morgan fingerprint density at radius 2 is 1.26 bits per heavy atom. The maximum absolute atomic E-state index is 6.44. The third-order valence-electron chi connectivity index (χ3n) is 4.60. The highest BCUT2D eigenvalue weighted by Gasteiger charge is 2.44. The third-order valence-corrected chi connectivity index (χ3v) is 7.37. The molecular weight excluding hydrogens is 352 g/mol. The normalized spacial score (nSPS) is 11.7. The van der Waals surface area contributed by atoms with Crippen LogP contribution in [0.1, 0.15) is 84.1 Å². The van der Waals surface area contributed by atoms with Gasteiger partial charge in [0.05, 0.1) is 0 Å². The second kappa shape index (κ2) is 15.0. The van der Waals surface area contributed by atoms with E-state index >= 15 is 0 Å².